The lowest BCUT2D eigenvalue weighted by Gasteiger charge is -2.02. The van der Waals surface area contributed by atoms with E-state index in [2.05, 4.69) is 26.2 Å². The van der Waals surface area contributed by atoms with E-state index in [0.29, 0.717) is 12.1 Å². The van der Waals surface area contributed by atoms with Gasteiger partial charge >= 0.3 is 0 Å². The number of pyridine rings is 1. The molecule has 2 heterocycles. The molecule has 0 saturated heterocycles. The molecule has 0 atom stereocenters. The van der Waals surface area contributed by atoms with Gasteiger partial charge in [0, 0.05) is 27.0 Å². The van der Waals surface area contributed by atoms with Crippen LogP contribution in [0, 0.1) is 0 Å². The van der Waals surface area contributed by atoms with Crippen LogP contribution in [0.3, 0.4) is 0 Å². The summed E-state index contributed by atoms with van der Waals surface area (Å²) in [5.74, 6) is -0.203. The summed E-state index contributed by atoms with van der Waals surface area (Å²) in [4.78, 5) is 26.1. The molecule has 0 aliphatic carbocycles. The van der Waals surface area contributed by atoms with Crippen molar-refractivity contribution < 1.29 is 4.79 Å². The Morgan fingerprint density at radius 1 is 1.47 bits per heavy atom. The summed E-state index contributed by atoms with van der Waals surface area (Å²) in [5.41, 5.74) is 0.226. The van der Waals surface area contributed by atoms with Crippen LogP contribution in [0.2, 0.25) is 0 Å². The number of hydrogen-bond donors (Lipinski definition) is 2. The number of rotatable bonds is 3. The molecule has 4 nitrogen and oxygen atoms in total. The van der Waals surface area contributed by atoms with Gasteiger partial charge in [-0.2, -0.15) is 0 Å². The average molecular weight is 313 g/mol. The minimum atomic E-state index is -0.219. The van der Waals surface area contributed by atoms with Crippen molar-refractivity contribution in [2.75, 3.05) is 0 Å². The molecule has 88 valence electrons. The molecule has 1 amide bonds. The second kappa shape index (κ2) is 5.29. The van der Waals surface area contributed by atoms with Gasteiger partial charge in [0.25, 0.3) is 5.91 Å². The lowest BCUT2D eigenvalue weighted by molar-refractivity contribution is 0.0951. The van der Waals surface area contributed by atoms with Crippen molar-refractivity contribution in [3.63, 3.8) is 0 Å². The fourth-order valence-corrected chi connectivity index (χ4v) is 2.66. The highest BCUT2D eigenvalue weighted by atomic mass is 79.9. The van der Waals surface area contributed by atoms with Crippen LogP contribution in [0.5, 0.6) is 0 Å². The maximum Gasteiger partial charge on any atom is 0.253 e. The third-order valence-electron chi connectivity index (χ3n) is 2.09. The first kappa shape index (κ1) is 12.1. The van der Waals surface area contributed by atoms with E-state index in [1.165, 1.54) is 18.3 Å². The molecule has 0 aliphatic rings. The van der Waals surface area contributed by atoms with Crippen LogP contribution >= 0.6 is 27.3 Å². The summed E-state index contributed by atoms with van der Waals surface area (Å²) in [6, 6.07) is 4.78. The van der Waals surface area contributed by atoms with Gasteiger partial charge in [-0.25, -0.2) is 0 Å². The van der Waals surface area contributed by atoms with Crippen molar-refractivity contribution in [2.45, 2.75) is 6.54 Å². The summed E-state index contributed by atoms with van der Waals surface area (Å²) >= 11 is 4.92. The normalized spacial score (nSPS) is 10.2. The Morgan fingerprint density at radius 2 is 2.29 bits per heavy atom. The predicted octanol–water partition coefficient (Wildman–Crippen LogP) is 2.13. The van der Waals surface area contributed by atoms with Gasteiger partial charge in [0.15, 0.2) is 0 Å². The van der Waals surface area contributed by atoms with E-state index in [-0.39, 0.29) is 11.5 Å². The number of amides is 1. The van der Waals surface area contributed by atoms with Gasteiger partial charge in [0.05, 0.1) is 12.1 Å². The van der Waals surface area contributed by atoms with Crippen LogP contribution in [-0.2, 0) is 6.54 Å². The van der Waals surface area contributed by atoms with Crippen LogP contribution < -0.4 is 10.9 Å². The van der Waals surface area contributed by atoms with E-state index >= 15 is 0 Å². The van der Waals surface area contributed by atoms with Crippen molar-refractivity contribution in [1.82, 2.24) is 10.3 Å². The summed E-state index contributed by atoms with van der Waals surface area (Å²) < 4.78 is 1.01. The van der Waals surface area contributed by atoms with Crippen LogP contribution in [0.15, 0.2) is 39.0 Å². The minimum Gasteiger partial charge on any atom is -0.347 e. The highest BCUT2D eigenvalue weighted by Crippen LogP contribution is 2.19. The Labute approximate surface area is 110 Å². The molecule has 0 radical (unpaired) electrons. The molecule has 2 aromatic rings. The summed E-state index contributed by atoms with van der Waals surface area (Å²) in [6.45, 7) is 0.480. The zero-order valence-electron chi connectivity index (χ0n) is 8.70. The topological polar surface area (TPSA) is 62.0 Å². The highest BCUT2D eigenvalue weighted by molar-refractivity contribution is 9.10. The largest absolute Gasteiger partial charge is 0.347 e. The van der Waals surface area contributed by atoms with Crippen molar-refractivity contribution in [2.24, 2.45) is 0 Å². The Kier molecular flexibility index (Phi) is 3.75. The molecule has 0 spiro atoms. The van der Waals surface area contributed by atoms with Crippen LogP contribution in [0.4, 0.5) is 0 Å². The van der Waals surface area contributed by atoms with Gasteiger partial charge in [-0.05, 0) is 28.1 Å². The number of carbonyl (C=O) groups is 1. The molecule has 0 bridgehead atoms. The summed E-state index contributed by atoms with van der Waals surface area (Å²) in [5, 5.41) is 4.74. The first-order chi connectivity index (χ1) is 8.15. The van der Waals surface area contributed by atoms with Gasteiger partial charge in [0.1, 0.15) is 0 Å². The zero-order valence-corrected chi connectivity index (χ0v) is 11.1. The smallest absolute Gasteiger partial charge is 0.253 e. The third-order valence-corrected chi connectivity index (χ3v) is 3.79. The monoisotopic (exact) mass is 312 g/mol. The standard InChI is InChI=1S/C11H9BrN2O2S/c12-8-3-9(17-6-8)5-14-11(16)7-1-2-10(15)13-4-7/h1-4,6H,5H2,(H,13,15)(H,14,16). The fraction of sp³-hybridized carbons (Fsp3) is 0.0909. The number of aromatic nitrogens is 1. The first-order valence-corrected chi connectivity index (χ1v) is 6.52. The van der Waals surface area contributed by atoms with E-state index < -0.39 is 0 Å². The van der Waals surface area contributed by atoms with Gasteiger partial charge in [0.2, 0.25) is 5.56 Å². The number of halogens is 1. The molecule has 6 heteroatoms. The van der Waals surface area contributed by atoms with Crippen LogP contribution in [0.1, 0.15) is 15.2 Å². The van der Waals surface area contributed by atoms with E-state index in [0.717, 1.165) is 9.35 Å². The number of nitrogens with one attached hydrogen (secondary N) is 2. The SMILES string of the molecule is O=C(NCc1cc(Br)cs1)c1ccc(=O)[nH]c1. The minimum absolute atomic E-state index is 0.203. The molecule has 2 N–H and O–H groups in total. The number of hydrogen-bond acceptors (Lipinski definition) is 3. The molecule has 0 unspecified atom stereocenters. The van der Waals surface area contributed by atoms with Gasteiger partial charge < -0.3 is 10.3 Å². The van der Waals surface area contributed by atoms with Crippen molar-refractivity contribution in [3.8, 4) is 0 Å². The Hall–Kier alpha value is -1.40. The van der Waals surface area contributed by atoms with E-state index in [1.54, 1.807) is 11.3 Å². The number of carbonyl (C=O) groups excluding carboxylic acids is 1. The van der Waals surface area contributed by atoms with Gasteiger partial charge in [-0.3, -0.25) is 9.59 Å². The number of aromatic amines is 1. The van der Waals surface area contributed by atoms with Crippen molar-refractivity contribution in [3.05, 3.63) is 55.0 Å². The first-order valence-electron chi connectivity index (χ1n) is 4.85. The lowest BCUT2D eigenvalue weighted by Crippen LogP contribution is -2.23. The highest BCUT2D eigenvalue weighted by Gasteiger charge is 2.05. The third kappa shape index (κ3) is 3.28. The maximum atomic E-state index is 11.7. The molecule has 0 aromatic carbocycles. The quantitative estimate of drug-likeness (QED) is 0.912. The Balaban J connectivity index is 1.98. The fourth-order valence-electron chi connectivity index (χ4n) is 1.27. The summed E-state index contributed by atoms with van der Waals surface area (Å²) in [7, 11) is 0. The zero-order chi connectivity index (χ0) is 12.3. The van der Waals surface area contributed by atoms with E-state index in [1.807, 2.05) is 11.4 Å². The summed E-state index contributed by atoms with van der Waals surface area (Å²) in [6.07, 6.45) is 1.40. The molecule has 17 heavy (non-hydrogen) atoms. The van der Waals surface area contributed by atoms with Crippen molar-refractivity contribution >= 4 is 33.2 Å². The molecule has 2 rings (SSSR count). The maximum absolute atomic E-state index is 11.7. The second-order valence-corrected chi connectivity index (χ2v) is 5.27. The lowest BCUT2D eigenvalue weighted by atomic mass is 10.2. The molecule has 0 aliphatic heterocycles. The van der Waals surface area contributed by atoms with E-state index in [9.17, 15) is 9.59 Å². The van der Waals surface area contributed by atoms with Crippen molar-refractivity contribution in [1.29, 1.82) is 0 Å². The molecule has 0 fully saturated rings. The van der Waals surface area contributed by atoms with Crippen LogP contribution in [-0.4, -0.2) is 10.9 Å². The number of H-pyrrole nitrogens is 1. The molecular formula is C11H9BrN2O2S. The molecule has 0 saturated carbocycles. The number of thiophene rings is 1. The molecular weight excluding hydrogens is 304 g/mol. The molecule has 2 aromatic heterocycles. The van der Waals surface area contributed by atoms with Gasteiger partial charge in [-0.15, -0.1) is 11.3 Å². The predicted molar refractivity (Wildman–Crippen MR) is 70.3 cm³/mol. The Morgan fingerprint density at radius 3 is 2.88 bits per heavy atom. The Bertz CT molecular complexity index is 571. The van der Waals surface area contributed by atoms with E-state index in [4.69, 9.17) is 0 Å². The second-order valence-electron chi connectivity index (χ2n) is 3.36. The van der Waals surface area contributed by atoms with Crippen LogP contribution in [0.25, 0.3) is 0 Å². The average Bonchev–Trinajstić information content (AvgIpc) is 2.73. The van der Waals surface area contributed by atoms with Gasteiger partial charge in [-0.1, -0.05) is 0 Å².